The predicted molar refractivity (Wildman–Crippen MR) is 82.1 cm³/mol. The summed E-state index contributed by atoms with van der Waals surface area (Å²) in [6, 6.07) is 0. The minimum Gasteiger partial charge on any atom is -0.354 e. The van der Waals surface area contributed by atoms with Gasteiger partial charge in [0, 0.05) is 12.6 Å². The lowest BCUT2D eigenvalue weighted by Crippen LogP contribution is -2.50. The summed E-state index contributed by atoms with van der Waals surface area (Å²) in [7, 11) is -1.79. The second kappa shape index (κ2) is 6.73. The summed E-state index contributed by atoms with van der Waals surface area (Å²) in [6.45, 7) is 13.9. The monoisotopic (exact) mass is 309 g/mol. The SMILES string of the molecule is CO[C@H](CN(C(C)(C)C)S(C)(=O)=O)O[C@@H](C)C(C)(C)C. The minimum absolute atomic E-state index is 0.0333. The molecule has 0 N–H and O–H groups in total. The summed E-state index contributed by atoms with van der Waals surface area (Å²) in [5.74, 6) is 0. The van der Waals surface area contributed by atoms with E-state index in [-0.39, 0.29) is 18.1 Å². The molecule has 0 aliphatic carbocycles. The Bertz CT molecular complexity index is 392. The van der Waals surface area contributed by atoms with Crippen LogP contribution in [0.3, 0.4) is 0 Å². The van der Waals surface area contributed by atoms with E-state index in [4.69, 9.17) is 9.47 Å². The Kier molecular flexibility index (Phi) is 6.67. The molecule has 20 heavy (non-hydrogen) atoms. The normalized spacial score (nSPS) is 17.3. The van der Waals surface area contributed by atoms with E-state index in [9.17, 15) is 8.42 Å². The van der Waals surface area contributed by atoms with Gasteiger partial charge in [-0.2, -0.15) is 4.31 Å². The van der Waals surface area contributed by atoms with Gasteiger partial charge >= 0.3 is 0 Å². The third-order valence-corrected chi connectivity index (χ3v) is 4.80. The number of sulfonamides is 1. The molecule has 6 heteroatoms. The third kappa shape index (κ3) is 6.52. The second-order valence-corrected chi connectivity index (χ2v) is 9.18. The zero-order chi connectivity index (χ0) is 16.4. The van der Waals surface area contributed by atoms with Crippen molar-refractivity contribution in [3.63, 3.8) is 0 Å². The molecule has 0 saturated carbocycles. The Morgan fingerprint density at radius 2 is 1.55 bits per heavy atom. The number of hydrogen-bond acceptors (Lipinski definition) is 4. The van der Waals surface area contributed by atoms with Gasteiger partial charge in [-0.15, -0.1) is 0 Å². The smallest absolute Gasteiger partial charge is 0.211 e. The van der Waals surface area contributed by atoms with Crippen LogP contribution < -0.4 is 0 Å². The maximum atomic E-state index is 11.9. The molecule has 0 fully saturated rings. The number of nitrogens with zero attached hydrogens (tertiary/aromatic N) is 1. The van der Waals surface area contributed by atoms with Crippen LogP contribution in [-0.4, -0.2) is 50.6 Å². The first-order valence-corrected chi connectivity index (χ1v) is 8.70. The number of ether oxygens (including phenoxy) is 2. The maximum absolute atomic E-state index is 11.9. The van der Waals surface area contributed by atoms with Gasteiger partial charge in [-0.1, -0.05) is 20.8 Å². The van der Waals surface area contributed by atoms with Crippen LogP contribution >= 0.6 is 0 Å². The third-order valence-electron chi connectivity index (χ3n) is 3.30. The minimum atomic E-state index is -3.33. The molecule has 0 unspecified atom stereocenters. The molecular formula is C14H31NO4S. The molecule has 0 aromatic heterocycles. The van der Waals surface area contributed by atoms with Crippen LogP contribution in [0, 0.1) is 5.41 Å². The van der Waals surface area contributed by atoms with Crippen molar-refractivity contribution in [2.45, 2.75) is 66.4 Å². The van der Waals surface area contributed by atoms with E-state index in [1.165, 1.54) is 17.7 Å². The highest BCUT2D eigenvalue weighted by Gasteiger charge is 2.33. The van der Waals surface area contributed by atoms with Gasteiger partial charge in [0.15, 0.2) is 6.29 Å². The molecule has 0 saturated heterocycles. The van der Waals surface area contributed by atoms with Gasteiger partial charge in [0.25, 0.3) is 0 Å². The molecule has 0 bridgehead atoms. The fourth-order valence-corrected chi connectivity index (χ4v) is 3.03. The largest absolute Gasteiger partial charge is 0.354 e. The number of rotatable bonds is 6. The summed E-state index contributed by atoms with van der Waals surface area (Å²) >= 11 is 0. The molecule has 0 aliphatic rings. The van der Waals surface area contributed by atoms with Crippen molar-refractivity contribution in [3.8, 4) is 0 Å². The van der Waals surface area contributed by atoms with Crippen molar-refractivity contribution in [2.24, 2.45) is 5.41 Å². The van der Waals surface area contributed by atoms with Crippen LogP contribution in [-0.2, 0) is 19.5 Å². The average molecular weight is 309 g/mol. The standard InChI is InChI=1S/C14H31NO4S/c1-11(13(2,3)4)19-12(18-8)10-15(14(5,6)7)20(9,16)17/h11-12H,10H2,1-9H3/t11-,12-/m0/s1. The first kappa shape index (κ1) is 19.8. The fourth-order valence-electron chi connectivity index (χ4n) is 1.65. The second-order valence-electron chi connectivity index (χ2n) is 7.27. The van der Waals surface area contributed by atoms with Gasteiger partial charge in [0.2, 0.25) is 10.0 Å². The van der Waals surface area contributed by atoms with Gasteiger partial charge in [-0.05, 0) is 33.1 Å². The van der Waals surface area contributed by atoms with Crippen LogP contribution in [0.25, 0.3) is 0 Å². The molecule has 122 valence electrons. The Balaban J connectivity index is 5.02. The molecule has 0 spiro atoms. The van der Waals surface area contributed by atoms with Gasteiger partial charge in [0.1, 0.15) is 0 Å². The molecule has 0 aromatic carbocycles. The highest BCUT2D eigenvalue weighted by molar-refractivity contribution is 7.88. The topological polar surface area (TPSA) is 55.8 Å². The summed E-state index contributed by atoms with van der Waals surface area (Å²) in [6.07, 6.45) is 0.574. The van der Waals surface area contributed by atoms with Crippen molar-refractivity contribution < 1.29 is 17.9 Å². The van der Waals surface area contributed by atoms with Gasteiger partial charge in [0.05, 0.1) is 18.9 Å². The first-order chi connectivity index (χ1) is 8.69. The highest BCUT2D eigenvalue weighted by atomic mass is 32.2. The van der Waals surface area contributed by atoms with Crippen molar-refractivity contribution >= 4 is 10.0 Å². The van der Waals surface area contributed by atoms with E-state index < -0.39 is 21.9 Å². The predicted octanol–water partition coefficient (Wildman–Crippen LogP) is 2.47. The summed E-state index contributed by atoms with van der Waals surface area (Å²) in [4.78, 5) is 0. The Labute approximate surface area is 124 Å². The van der Waals surface area contributed by atoms with E-state index in [0.29, 0.717) is 0 Å². The zero-order valence-electron chi connectivity index (χ0n) is 14.4. The lowest BCUT2D eigenvalue weighted by atomic mass is 9.90. The number of methoxy groups -OCH3 is 1. The Morgan fingerprint density at radius 1 is 1.10 bits per heavy atom. The summed E-state index contributed by atoms with van der Waals surface area (Å²) in [5.41, 5.74) is -0.548. The van der Waals surface area contributed by atoms with Crippen LogP contribution in [0.5, 0.6) is 0 Å². The van der Waals surface area contributed by atoms with E-state index in [1.807, 2.05) is 27.7 Å². The van der Waals surface area contributed by atoms with Gasteiger partial charge in [-0.3, -0.25) is 0 Å². The van der Waals surface area contributed by atoms with Crippen LogP contribution in [0.1, 0.15) is 48.5 Å². The van der Waals surface area contributed by atoms with E-state index >= 15 is 0 Å². The number of hydrogen-bond donors (Lipinski definition) is 0. The Morgan fingerprint density at radius 3 is 1.80 bits per heavy atom. The van der Waals surface area contributed by atoms with Crippen molar-refractivity contribution in [1.29, 1.82) is 0 Å². The van der Waals surface area contributed by atoms with Gasteiger partial charge in [-0.25, -0.2) is 8.42 Å². The molecule has 0 amide bonds. The molecule has 5 nitrogen and oxygen atoms in total. The molecular weight excluding hydrogens is 278 g/mol. The van der Waals surface area contributed by atoms with Crippen LogP contribution in [0.15, 0.2) is 0 Å². The highest BCUT2D eigenvalue weighted by Crippen LogP contribution is 2.25. The summed E-state index contributed by atoms with van der Waals surface area (Å²) in [5, 5.41) is 0. The molecule has 0 aliphatic heterocycles. The first-order valence-electron chi connectivity index (χ1n) is 6.85. The van der Waals surface area contributed by atoms with Crippen molar-refractivity contribution in [1.82, 2.24) is 4.31 Å². The lowest BCUT2D eigenvalue weighted by molar-refractivity contribution is -0.180. The molecule has 0 heterocycles. The molecule has 2 atom stereocenters. The molecule has 0 rings (SSSR count). The van der Waals surface area contributed by atoms with Crippen molar-refractivity contribution in [2.75, 3.05) is 19.9 Å². The maximum Gasteiger partial charge on any atom is 0.211 e. The van der Waals surface area contributed by atoms with Gasteiger partial charge < -0.3 is 9.47 Å². The van der Waals surface area contributed by atoms with E-state index in [0.717, 1.165) is 0 Å². The molecule has 0 radical (unpaired) electrons. The summed E-state index contributed by atoms with van der Waals surface area (Å²) < 4.78 is 36.4. The fraction of sp³-hybridized carbons (Fsp3) is 1.00. The quantitative estimate of drug-likeness (QED) is 0.707. The van der Waals surface area contributed by atoms with Crippen LogP contribution in [0.2, 0.25) is 0 Å². The Hall–Kier alpha value is -0.170. The average Bonchev–Trinajstić information content (AvgIpc) is 2.18. The van der Waals surface area contributed by atoms with Crippen molar-refractivity contribution in [3.05, 3.63) is 0 Å². The zero-order valence-corrected chi connectivity index (χ0v) is 15.2. The van der Waals surface area contributed by atoms with Crippen LogP contribution in [0.4, 0.5) is 0 Å². The lowest BCUT2D eigenvalue weighted by Gasteiger charge is -2.37. The van der Waals surface area contributed by atoms with E-state index in [1.54, 1.807) is 0 Å². The van der Waals surface area contributed by atoms with E-state index in [2.05, 4.69) is 20.8 Å². The molecule has 0 aromatic rings.